The second-order valence-electron chi connectivity index (χ2n) is 3.72. The van der Waals surface area contributed by atoms with Crippen molar-refractivity contribution in [3.8, 4) is 0 Å². The molecule has 0 atom stereocenters. The Morgan fingerprint density at radius 2 is 2.17 bits per heavy atom. The highest BCUT2D eigenvalue weighted by Crippen LogP contribution is 2.22. The lowest BCUT2D eigenvalue weighted by atomic mass is 10.1. The van der Waals surface area contributed by atoms with Crippen molar-refractivity contribution in [3.63, 3.8) is 0 Å². The number of fused-ring (bicyclic) bond motifs is 1. The van der Waals surface area contributed by atoms with Crippen molar-refractivity contribution in [2.45, 2.75) is 0 Å². The fourth-order valence-electron chi connectivity index (χ4n) is 1.54. The van der Waals surface area contributed by atoms with Crippen LogP contribution in [0.25, 0.3) is 10.8 Å². The Hall–Kier alpha value is -1.39. The van der Waals surface area contributed by atoms with E-state index in [-0.39, 0.29) is 5.91 Å². The summed E-state index contributed by atoms with van der Waals surface area (Å²) in [4.78, 5) is 15.9. The number of nitrogens with one attached hydrogen (secondary N) is 1. The van der Waals surface area contributed by atoms with Crippen LogP contribution in [0.1, 0.15) is 10.5 Å². The highest BCUT2D eigenvalue weighted by Gasteiger charge is 2.10. The molecule has 1 heterocycles. The summed E-state index contributed by atoms with van der Waals surface area (Å²) in [5, 5.41) is 4.74. The zero-order valence-corrected chi connectivity index (χ0v) is 11.8. The van der Waals surface area contributed by atoms with Gasteiger partial charge in [0.2, 0.25) is 0 Å². The minimum absolute atomic E-state index is 0.275. The molecule has 1 aromatic carbocycles. The van der Waals surface area contributed by atoms with Crippen molar-refractivity contribution >= 4 is 44.2 Å². The number of hydrogen-bond donors (Lipinski definition) is 1. The first-order chi connectivity index (χ1) is 8.58. The maximum Gasteiger partial charge on any atom is 0.270 e. The number of halogens is 2. The van der Waals surface area contributed by atoms with Gasteiger partial charge in [0.15, 0.2) is 0 Å². The zero-order valence-electron chi connectivity index (χ0n) is 9.41. The maximum atomic E-state index is 11.9. The Morgan fingerprint density at radius 1 is 1.44 bits per heavy atom. The molecule has 0 aliphatic rings. The van der Waals surface area contributed by atoms with Crippen molar-refractivity contribution in [2.75, 3.05) is 6.54 Å². The second kappa shape index (κ2) is 5.50. The van der Waals surface area contributed by atoms with E-state index in [4.69, 9.17) is 11.6 Å². The van der Waals surface area contributed by atoms with Gasteiger partial charge in [-0.2, -0.15) is 0 Å². The fourth-order valence-corrected chi connectivity index (χ4v) is 1.94. The molecule has 0 unspecified atom stereocenters. The molecule has 5 heteroatoms. The van der Waals surface area contributed by atoms with Crippen LogP contribution in [0.15, 0.2) is 41.4 Å². The summed E-state index contributed by atoms with van der Waals surface area (Å²) in [7, 11) is 0. The normalized spacial score (nSPS) is 10.3. The van der Waals surface area contributed by atoms with Gasteiger partial charge in [0.1, 0.15) is 10.8 Å². The predicted molar refractivity (Wildman–Crippen MR) is 77.2 cm³/mol. The van der Waals surface area contributed by atoms with E-state index in [1.807, 2.05) is 24.3 Å². The van der Waals surface area contributed by atoms with Crippen molar-refractivity contribution < 1.29 is 4.79 Å². The smallest absolute Gasteiger partial charge is 0.270 e. The van der Waals surface area contributed by atoms with E-state index in [2.05, 4.69) is 32.8 Å². The molecule has 0 bridgehead atoms. The van der Waals surface area contributed by atoms with Gasteiger partial charge in [-0.15, -0.1) is 0 Å². The molecule has 0 spiro atoms. The lowest BCUT2D eigenvalue weighted by Crippen LogP contribution is -2.25. The molecule has 18 heavy (non-hydrogen) atoms. The first-order valence-corrected chi connectivity index (χ1v) is 6.42. The molecular weight excluding hydrogens is 316 g/mol. The number of aromatic nitrogens is 1. The summed E-state index contributed by atoms with van der Waals surface area (Å²) in [5.41, 5.74) is 0.299. The number of hydrogen-bond acceptors (Lipinski definition) is 2. The van der Waals surface area contributed by atoms with Crippen molar-refractivity contribution in [1.29, 1.82) is 0 Å². The van der Waals surface area contributed by atoms with Crippen LogP contribution >= 0.6 is 27.5 Å². The van der Waals surface area contributed by atoms with Gasteiger partial charge in [0.05, 0.1) is 0 Å². The standard InChI is InChI=1S/C13H10BrClN2O/c1-8(14)7-16-13(18)11-6-9-4-2-3-5-10(9)12(15)17-11/h2-6H,1,7H2,(H,16,18). The highest BCUT2D eigenvalue weighted by atomic mass is 79.9. The van der Waals surface area contributed by atoms with Crippen LogP contribution in [0.2, 0.25) is 5.15 Å². The van der Waals surface area contributed by atoms with Crippen LogP contribution in [-0.2, 0) is 0 Å². The van der Waals surface area contributed by atoms with Crippen LogP contribution in [0, 0.1) is 0 Å². The van der Waals surface area contributed by atoms with E-state index >= 15 is 0 Å². The van der Waals surface area contributed by atoms with Crippen LogP contribution in [0.4, 0.5) is 0 Å². The highest BCUT2D eigenvalue weighted by molar-refractivity contribution is 9.11. The van der Waals surface area contributed by atoms with E-state index in [1.165, 1.54) is 0 Å². The van der Waals surface area contributed by atoms with Crippen LogP contribution in [0.5, 0.6) is 0 Å². The summed E-state index contributed by atoms with van der Waals surface area (Å²) >= 11 is 9.23. The van der Waals surface area contributed by atoms with Crippen LogP contribution < -0.4 is 5.32 Å². The Morgan fingerprint density at radius 3 is 2.89 bits per heavy atom. The number of amides is 1. The van der Waals surface area contributed by atoms with Gasteiger partial charge in [0, 0.05) is 16.4 Å². The number of benzene rings is 1. The minimum atomic E-state index is -0.275. The van der Waals surface area contributed by atoms with Gasteiger partial charge in [-0.1, -0.05) is 58.4 Å². The third kappa shape index (κ3) is 2.89. The minimum Gasteiger partial charge on any atom is -0.346 e. The molecule has 0 fully saturated rings. The zero-order chi connectivity index (χ0) is 13.1. The number of carbonyl (C=O) groups excluding carboxylic acids is 1. The van der Waals surface area contributed by atoms with Crippen LogP contribution in [0.3, 0.4) is 0 Å². The maximum absolute atomic E-state index is 11.9. The van der Waals surface area contributed by atoms with E-state index in [9.17, 15) is 4.79 Å². The molecule has 0 aliphatic heterocycles. The molecule has 2 aromatic rings. The van der Waals surface area contributed by atoms with Gasteiger partial charge in [-0.3, -0.25) is 4.79 Å². The fraction of sp³-hybridized carbons (Fsp3) is 0.0769. The van der Waals surface area contributed by atoms with E-state index in [0.29, 0.717) is 21.9 Å². The summed E-state index contributed by atoms with van der Waals surface area (Å²) in [6, 6.07) is 9.24. The molecule has 0 radical (unpaired) electrons. The van der Waals surface area contributed by atoms with Crippen molar-refractivity contribution in [1.82, 2.24) is 10.3 Å². The van der Waals surface area contributed by atoms with E-state index in [1.54, 1.807) is 6.07 Å². The number of carbonyl (C=O) groups is 1. The lowest BCUT2D eigenvalue weighted by Gasteiger charge is -2.06. The number of rotatable bonds is 3. The van der Waals surface area contributed by atoms with Gasteiger partial charge in [-0.05, 0) is 11.5 Å². The summed E-state index contributed by atoms with van der Waals surface area (Å²) in [5.74, 6) is -0.275. The molecular formula is C13H10BrClN2O. The Balaban J connectivity index is 2.34. The molecule has 0 saturated heterocycles. The summed E-state index contributed by atoms with van der Waals surface area (Å²) in [6.07, 6.45) is 0. The largest absolute Gasteiger partial charge is 0.346 e. The SMILES string of the molecule is C=C(Br)CNC(=O)c1cc2ccccc2c(Cl)n1. The molecule has 0 aliphatic carbocycles. The lowest BCUT2D eigenvalue weighted by molar-refractivity contribution is 0.0953. The summed E-state index contributed by atoms with van der Waals surface area (Å²) in [6.45, 7) is 4.00. The van der Waals surface area contributed by atoms with Gasteiger partial charge >= 0.3 is 0 Å². The molecule has 3 nitrogen and oxygen atoms in total. The first kappa shape index (κ1) is 13.1. The Kier molecular flexibility index (Phi) is 3.99. The van der Waals surface area contributed by atoms with E-state index in [0.717, 1.165) is 10.8 Å². The molecule has 1 amide bonds. The third-order valence-electron chi connectivity index (χ3n) is 2.37. The van der Waals surface area contributed by atoms with Gasteiger partial charge < -0.3 is 5.32 Å². The molecule has 92 valence electrons. The monoisotopic (exact) mass is 324 g/mol. The van der Waals surface area contributed by atoms with Gasteiger partial charge in [-0.25, -0.2) is 4.98 Å². The predicted octanol–water partition coefficient (Wildman–Crippen LogP) is 3.53. The average Bonchev–Trinajstić information content (AvgIpc) is 2.36. The van der Waals surface area contributed by atoms with Gasteiger partial charge in [0.25, 0.3) is 5.91 Å². The second-order valence-corrected chi connectivity index (χ2v) is 5.20. The van der Waals surface area contributed by atoms with Crippen LogP contribution in [-0.4, -0.2) is 17.4 Å². The topological polar surface area (TPSA) is 42.0 Å². The molecule has 0 saturated carbocycles. The third-order valence-corrected chi connectivity index (χ3v) is 2.94. The van der Waals surface area contributed by atoms with Crippen molar-refractivity contribution in [3.05, 3.63) is 52.2 Å². The quantitative estimate of drug-likeness (QED) is 0.877. The molecule has 1 aromatic heterocycles. The Bertz CT molecular complexity index is 627. The molecule has 1 N–H and O–H groups in total. The van der Waals surface area contributed by atoms with Crippen molar-refractivity contribution in [2.24, 2.45) is 0 Å². The molecule has 2 rings (SSSR count). The Labute approximate surface area is 118 Å². The summed E-state index contributed by atoms with van der Waals surface area (Å²) < 4.78 is 0.697. The number of nitrogens with zero attached hydrogens (tertiary/aromatic N) is 1. The van der Waals surface area contributed by atoms with E-state index < -0.39 is 0 Å². The first-order valence-electron chi connectivity index (χ1n) is 5.24. The number of pyridine rings is 1. The average molecular weight is 326 g/mol.